The molecule has 0 heterocycles. The maximum Gasteiger partial charge on any atom is 0.346 e. The summed E-state index contributed by atoms with van der Waals surface area (Å²) in [6.45, 7) is 2.36. The Morgan fingerprint density at radius 1 is 1.50 bits per heavy atom. The van der Waals surface area contributed by atoms with Crippen molar-refractivity contribution >= 4 is 12.0 Å². The number of rotatable bonds is 5. The van der Waals surface area contributed by atoms with E-state index in [9.17, 15) is 4.79 Å². The molecule has 1 aromatic carbocycles. The van der Waals surface area contributed by atoms with E-state index in [1.165, 1.54) is 13.2 Å². The number of nitrogens with zero attached hydrogens (tertiary/aromatic N) is 1. The topological polar surface area (TPSA) is 79.5 Å². The number of carbonyl (C=O) groups is 1. The summed E-state index contributed by atoms with van der Waals surface area (Å²) in [5.74, 6) is -0.190. The van der Waals surface area contributed by atoms with Crippen LogP contribution in [0.1, 0.15) is 12.5 Å². The van der Waals surface area contributed by atoms with Crippen molar-refractivity contribution in [3.63, 3.8) is 0 Å². The standard InChI is InChI=1S/C13H13NO4/c1-3-18-11-5-4-9(7-12(11)17-2)6-10(8-14)13(15)16/h4-7H,3H2,1-2H3,(H,15,16)/b10-6-. The van der Waals surface area contributed by atoms with Crippen molar-refractivity contribution in [2.24, 2.45) is 0 Å². The zero-order valence-corrected chi connectivity index (χ0v) is 10.1. The number of hydrogen-bond donors (Lipinski definition) is 1. The molecule has 0 amide bonds. The molecule has 1 N–H and O–H groups in total. The van der Waals surface area contributed by atoms with E-state index in [2.05, 4.69) is 0 Å². The van der Waals surface area contributed by atoms with E-state index in [0.717, 1.165) is 0 Å². The third kappa shape index (κ3) is 3.25. The minimum Gasteiger partial charge on any atom is -0.493 e. The van der Waals surface area contributed by atoms with Gasteiger partial charge in [-0.05, 0) is 30.7 Å². The highest BCUT2D eigenvalue weighted by Crippen LogP contribution is 2.28. The second-order valence-electron chi connectivity index (χ2n) is 3.32. The number of carboxylic acids is 1. The lowest BCUT2D eigenvalue weighted by atomic mass is 10.1. The van der Waals surface area contributed by atoms with E-state index in [1.54, 1.807) is 24.3 Å². The van der Waals surface area contributed by atoms with Gasteiger partial charge in [-0.3, -0.25) is 0 Å². The molecule has 0 bridgehead atoms. The molecule has 94 valence electrons. The predicted octanol–water partition coefficient (Wildman–Crippen LogP) is 2.09. The second kappa shape index (κ2) is 6.30. The van der Waals surface area contributed by atoms with Crippen LogP contribution in [0.2, 0.25) is 0 Å². The van der Waals surface area contributed by atoms with Crippen LogP contribution >= 0.6 is 0 Å². The van der Waals surface area contributed by atoms with Crippen LogP contribution in [0.25, 0.3) is 6.08 Å². The van der Waals surface area contributed by atoms with Gasteiger partial charge < -0.3 is 14.6 Å². The Bertz CT molecular complexity index is 514. The maximum atomic E-state index is 10.7. The first-order valence-corrected chi connectivity index (χ1v) is 5.28. The number of carboxylic acid groups (broad SMARTS) is 1. The largest absolute Gasteiger partial charge is 0.493 e. The van der Waals surface area contributed by atoms with Crippen LogP contribution in [0, 0.1) is 11.3 Å². The molecule has 0 fully saturated rings. The molecular weight excluding hydrogens is 234 g/mol. The smallest absolute Gasteiger partial charge is 0.346 e. The third-order valence-corrected chi connectivity index (χ3v) is 2.15. The van der Waals surface area contributed by atoms with Gasteiger partial charge in [0.25, 0.3) is 0 Å². The van der Waals surface area contributed by atoms with E-state index < -0.39 is 5.97 Å². The van der Waals surface area contributed by atoms with Gasteiger partial charge in [0.1, 0.15) is 11.6 Å². The summed E-state index contributed by atoms with van der Waals surface area (Å²) in [4.78, 5) is 10.7. The van der Waals surface area contributed by atoms with Gasteiger partial charge in [0.05, 0.1) is 13.7 Å². The summed E-state index contributed by atoms with van der Waals surface area (Å²) < 4.78 is 10.5. The molecular formula is C13H13NO4. The van der Waals surface area contributed by atoms with E-state index in [0.29, 0.717) is 23.7 Å². The highest BCUT2D eigenvalue weighted by Gasteiger charge is 2.08. The van der Waals surface area contributed by atoms with E-state index in [-0.39, 0.29) is 5.57 Å². The van der Waals surface area contributed by atoms with E-state index in [1.807, 2.05) is 6.92 Å². The molecule has 0 aliphatic heterocycles. The second-order valence-corrected chi connectivity index (χ2v) is 3.32. The van der Waals surface area contributed by atoms with Crippen LogP contribution in [0.5, 0.6) is 11.5 Å². The van der Waals surface area contributed by atoms with Crippen LogP contribution in [-0.4, -0.2) is 24.8 Å². The average molecular weight is 247 g/mol. The highest BCUT2D eigenvalue weighted by molar-refractivity contribution is 5.96. The molecule has 0 atom stereocenters. The Kier molecular flexibility index (Phi) is 4.76. The molecule has 1 rings (SSSR count). The fourth-order valence-electron chi connectivity index (χ4n) is 1.36. The van der Waals surface area contributed by atoms with Gasteiger partial charge in [-0.25, -0.2) is 4.79 Å². The van der Waals surface area contributed by atoms with Gasteiger partial charge in [0.2, 0.25) is 0 Å². The van der Waals surface area contributed by atoms with Crippen LogP contribution in [0.4, 0.5) is 0 Å². The molecule has 0 saturated carbocycles. The van der Waals surface area contributed by atoms with Crippen molar-refractivity contribution < 1.29 is 19.4 Å². The Morgan fingerprint density at radius 2 is 2.22 bits per heavy atom. The zero-order chi connectivity index (χ0) is 13.5. The van der Waals surface area contributed by atoms with Crippen molar-refractivity contribution in [1.29, 1.82) is 5.26 Å². The molecule has 0 radical (unpaired) electrons. The Labute approximate surface area is 105 Å². The van der Waals surface area contributed by atoms with Crippen LogP contribution in [-0.2, 0) is 4.79 Å². The van der Waals surface area contributed by atoms with Crippen molar-refractivity contribution in [3.8, 4) is 17.6 Å². The predicted molar refractivity (Wildman–Crippen MR) is 65.4 cm³/mol. The molecule has 18 heavy (non-hydrogen) atoms. The number of ether oxygens (including phenoxy) is 2. The summed E-state index contributed by atoms with van der Waals surface area (Å²) in [5, 5.41) is 17.4. The maximum absolute atomic E-state index is 10.7. The van der Waals surface area contributed by atoms with Crippen molar-refractivity contribution in [1.82, 2.24) is 0 Å². The van der Waals surface area contributed by atoms with Gasteiger partial charge in [0, 0.05) is 0 Å². The lowest BCUT2D eigenvalue weighted by Crippen LogP contribution is -1.98. The molecule has 0 aliphatic carbocycles. The summed E-state index contributed by atoms with van der Waals surface area (Å²) in [6.07, 6.45) is 1.28. The molecule has 0 spiro atoms. The normalized spacial score (nSPS) is 10.6. The summed E-state index contributed by atoms with van der Waals surface area (Å²) in [7, 11) is 1.49. The lowest BCUT2D eigenvalue weighted by Gasteiger charge is -2.09. The Balaban J connectivity index is 3.13. The van der Waals surface area contributed by atoms with E-state index >= 15 is 0 Å². The average Bonchev–Trinajstić information content (AvgIpc) is 2.37. The molecule has 0 saturated heterocycles. The van der Waals surface area contributed by atoms with E-state index in [4.69, 9.17) is 19.8 Å². The van der Waals surface area contributed by atoms with Gasteiger partial charge in [-0.15, -0.1) is 0 Å². The van der Waals surface area contributed by atoms with Gasteiger partial charge in [-0.2, -0.15) is 5.26 Å². The quantitative estimate of drug-likeness (QED) is 0.636. The fourth-order valence-corrected chi connectivity index (χ4v) is 1.36. The van der Waals surface area contributed by atoms with Crippen LogP contribution < -0.4 is 9.47 Å². The summed E-state index contributed by atoms with van der Waals surface area (Å²) in [5.41, 5.74) is 0.232. The fraction of sp³-hybridized carbons (Fsp3) is 0.231. The number of aliphatic carboxylic acids is 1. The molecule has 0 aliphatic rings. The number of methoxy groups -OCH3 is 1. The van der Waals surface area contributed by atoms with Crippen molar-refractivity contribution in [2.45, 2.75) is 6.92 Å². The highest BCUT2D eigenvalue weighted by atomic mass is 16.5. The molecule has 0 aromatic heterocycles. The first-order valence-electron chi connectivity index (χ1n) is 5.28. The minimum atomic E-state index is -1.26. The summed E-state index contributed by atoms with van der Waals surface area (Å²) in [6, 6.07) is 6.57. The van der Waals surface area contributed by atoms with Crippen molar-refractivity contribution in [3.05, 3.63) is 29.3 Å². The molecule has 0 unspecified atom stereocenters. The number of nitriles is 1. The SMILES string of the molecule is CCOc1ccc(/C=C(/C#N)C(=O)O)cc1OC. The first kappa shape index (κ1) is 13.6. The Morgan fingerprint density at radius 3 is 2.72 bits per heavy atom. The van der Waals surface area contributed by atoms with Gasteiger partial charge >= 0.3 is 5.97 Å². The van der Waals surface area contributed by atoms with Crippen LogP contribution in [0.15, 0.2) is 23.8 Å². The first-order chi connectivity index (χ1) is 8.62. The lowest BCUT2D eigenvalue weighted by molar-refractivity contribution is -0.132. The van der Waals surface area contributed by atoms with Crippen LogP contribution in [0.3, 0.4) is 0 Å². The van der Waals surface area contributed by atoms with Gasteiger partial charge in [-0.1, -0.05) is 6.07 Å². The molecule has 5 nitrogen and oxygen atoms in total. The number of benzene rings is 1. The summed E-state index contributed by atoms with van der Waals surface area (Å²) >= 11 is 0. The Hall–Kier alpha value is -2.48. The minimum absolute atomic E-state index is 0.332. The number of hydrogen-bond acceptors (Lipinski definition) is 4. The van der Waals surface area contributed by atoms with Crippen molar-refractivity contribution in [2.75, 3.05) is 13.7 Å². The monoisotopic (exact) mass is 247 g/mol. The van der Waals surface area contributed by atoms with Gasteiger partial charge in [0.15, 0.2) is 11.5 Å². The molecule has 5 heteroatoms. The molecule has 1 aromatic rings. The third-order valence-electron chi connectivity index (χ3n) is 2.15. The zero-order valence-electron chi connectivity index (χ0n) is 10.1.